The molecule has 0 spiro atoms. The largest absolute Gasteiger partial charge is 0.294 e. The molecule has 0 aliphatic heterocycles. The minimum absolute atomic E-state index is 0.0558. The molecule has 0 aromatic heterocycles. The molecule has 0 saturated carbocycles. The summed E-state index contributed by atoms with van der Waals surface area (Å²) in [5, 5.41) is 0. The van der Waals surface area contributed by atoms with Crippen molar-refractivity contribution in [2.75, 3.05) is 0 Å². The average molecular weight is 228 g/mol. The number of ketones is 1. The van der Waals surface area contributed by atoms with Crippen LogP contribution in [0.1, 0.15) is 21.5 Å². The Morgan fingerprint density at radius 3 is 2.47 bits per heavy atom. The lowest BCUT2D eigenvalue weighted by atomic mass is 9.99. The Balaban J connectivity index is 2.19. The summed E-state index contributed by atoms with van der Waals surface area (Å²) in [6.07, 6.45) is 0.316. The molecule has 0 amide bonds. The van der Waals surface area contributed by atoms with E-state index in [4.69, 9.17) is 0 Å². The molecule has 86 valence electrons. The normalized spacial score (nSPS) is 10.2. The van der Waals surface area contributed by atoms with Gasteiger partial charge < -0.3 is 0 Å². The van der Waals surface area contributed by atoms with Crippen molar-refractivity contribution >= 4 is 5.78 Å². The SMILES string of the molecule is Cc1cc(F)ccc1CC(=O)c1ccccc1. The highest BCUT2D eigenvalue weighted by Crippen LogP contribution is 2.13. The van der Waals surface area contributed by atoms with Crippen LogP contribution in [0.3, 0.4) is 0 Å². The third-order valence-corrected chi connectivity index (χ3v) is 2.75. The van der Waals surface area contributed by atoms with E-state index < -0.39 is 0 Å². The smallest absolute Gasteiger partial charge is 0.167 e. The molecular formula is C15H13FO. The van der Waals surface area contributed by atoms with Crippen LogP contribution in [0.15, 0.2) is 48.5 Å². The molecule has 0 aliphatic rings. The summed E-state index contributed by atoms with van der Waals surface area (Å²) in [5.41, 5.74) is 2.38. The Morgan fingerprint density at radius 2 is 1.82 bits per heavy atom. The summed E-state index contributed by atoms with van der Waals surface area (Å²) in [6.45, 7) is 1.82. The van der Waals surface area contributed by atoms with Gasteiger partial charge in [0.2, 0.25) is 0 Å². The summed E-state index contributed by atoms with van der Waals surface area (Å²) in [7, 11) is 0. The van der Waals surface area contributed by atoms with E-state index in [1.807, 2.05) is 25.1 Å². The quantitative estimate of drug-likeness (QED) is 0.734. The topological polar surface area (TPSA) is 17.1 Å². The second-order valence-corrected chi connectivity index (χ2v) is 4.04. The molecule has 0 bridgehead atoms. The molecule has 0 radical (unpaired) electrons. The molecule has 0 aliphatic carbocycles. The molecule has 0 fully saturated rings. The lowest BCUT2D eigenvalue weighted by Gasteiger charge is -2.05. The van der Waals surface area contributed by atoms with Gasteiger partial charge in [-0.25, -0.2) is 4.39 Å². The van der Waals surface area contributed by atoms with Gasteiger partial charge in [-0.3, -0.25) is 4.79 Å². The molecule has 0 heterocycles. The van der Waals surface area contributed by atoms with Crippen LogP contribution >= 0.6 is 0 Å². The van der Waals surface area contributed by atoms with E-state index in [9.17, 15) is 9.18 Å². The summed E-state index contributed by atoms with van der Waals surface area (Å²) in [5.74, 6) is -0.210. The zero-order valence-electron chi connectivity index (χ0n) is 9.61. The van der Waals surface area contributed by atoms with E-state index in [2.05, 4.69) is 0 Å². The highest BCUT2D eigenvalue weighted by atomic mass is 19.1. The lowest BCUT2D eigenvalue weighted by molar-refractivity contribution is 0.0992. The van der Waals surface area contributed by atoms with Crippen molar-refractivity contribution < 1.29 is 9.18 Å². The first-order chi connectivity index (χ1) is 8.16. The zero-order chi connectivity index (χ0) is 12.3. The van der Waals surface area contributed by atoms with Gasteiger partial charge in [0, 0.05) is 12.0 Å². The van der Waals surface area contributed by atoms with Gasteiger partial charge >= 0.3 is 0 Å². The summed E-state index contributed by atoms with van der Waals surface area (Å²) >= 11 is 0. The maximum atomic E-state index is 12.9. The van der Waals surface area contributed by atoms with Gasteiger partial charge in [0.05, 0.1) is 0 Å². The van der Waals surface area contributed by atoms with Gasteiger partial charge in [0.15, 0.2) is 5.78 Å². The van der Waals surface area contributed by atoms with Crippen LogP contribution in [0.5, 0.6) is 0 Å². The Morgan fingerprint density at radius 1 is 1.12 bits per heavy atom. The minimum Gasteiger partial charge on any atom is -0.294 e. The van der Waals surface area contributed by atoms with E-state index >= 15 is 0 Å². The fourth-order valence-electron chi connectivity index (χ4n) is 1.76. The second kappa shape index (κ2) is 4.91. The maximum Gasteiger partial charge on any atom is 0.167 e. The molecular weight excluding hydrogens is 215 g/mol. The van der Waals surface area contributed by atoms with Gasteiger partial charge in [-0.1, -0.05) is 36.4 Å². The Labute approximate surface area is 99.9 Å². The predicted octanol–water partition coefficient (Wildman–Crippen LogP) is 3.56. The molecule has 0 unspecified atom stereocenters. The molecule has 0 N–H and O–H groups in total. The number of rotatable bonds is 3. The number of carbonyl (C=O) groups excluding carboxylic acids is 1. The number of Topliss-reactive ketones (excluding diaryl/α,β-unsaturated/α-hetero) is 1. The van der Waals surface area contributed by atoms with Gasteiger partial charge in [-0.15, -0.1) is 0 Å². The number of carbonyl (C=O) groups is 1. The van der Waals surface area contributed by atoms with Gasteiger partial charge in [0.1, 0.15) is 5.82 Å². The predicted molar refractivity (Wildman–Crippen MR) is 65.6 cm³/mol. The van der Waals surface area contributed by atoms with Crippen molar-refractivity contribution in [3.05, 3.63) is 71.0 Å². The highest BCUT2D eigenvalue weighted by molar-refractivity contribution is 5.97. The third-order valence-electron chi connectivity index (χ3n) is 2.75. The number of hydrogen-bond donors (Lipinski definition) is 0. The number of aryl methyl sites for hydroxylation is 1. The monoisotopic (exact) mass is 228 g/mol. The number of halogens is 1. The minimum atomic E-state index is -0.265. The standard InChI is InChI=1S/C15H13FO/c1-11-9-14(16)8-7-13(11)10-15(17)12-5-3-2-4-6-12/h2-9H,10H2,1H3. The van der Waals surface area contributed by atoms with Crippen LogP contribution in [0.2, 0.25) is 0 Å². The first-order valence-electron chi connectivity index (χ1n) is 5.50. The Hall–Kier alpha value is -1.96. The van der Waals surface area contributed by atoms with Crippen LogP contribution in [0.25, 0.3) is 0 Å². The van der Waals surface area contributed by atoms with E-state index in [0.717, 1.165) is 11.1 Å². The van der Waals surface area contributed by atoms with Gasteiger partial charge in [-0.05, 0) is 30.2 Å². The van der Waals surface area contributed by atoms with E-state index in [1.54, 1.807) is 18.2 Å². The van der Waals surface area contributed by atoms with Crippen LogP contribution in [-0.4, -0.2) is 5.78 Å². The summed E-state index contributed by atoms with van der Waals surface area (Å²) < 4.78 is 12.9. The first-order valence-corrected chi connectivity index (χ1v) is 5.50. The fourth-order valence-corrected chi connectivity index (χ4v) is 1.76. The van der Waals surface area contributed by atoms with Crippen molar-refractivity contribution in [1.29, 1.82) is 0 Å². The van der Waals surface area contributed by atoms with Crippen molar-refractivity contribution in [3.63, 3.8) is 0 Å². The van der Waals surface area contributed by atoms with Crippen molar-refractivity contribution in [2.24, 2.45) is 0 Å². The van der Waals surface area contributed by atoms with Crippen molar-refractivity contribution in [3.8, 4) is 0 Å². The molecule has 0 saturated heterocycles. The van der Waals surface area contributed by atoms with Crippen molar-refractivity contribution in [2.45, 2.75) is 13.3 Å². The number of hydrogen-bond acceptors (Lipinski definition) is 1. The van der Waals surface area contributed by atoms with Crippen molar-refractivity contribution in [1.82, 2.24) is 0 Å². The molecule has 2 aromatic rings. The van der Waals surface area contributed by atoms with E-state index in [0.29, 0.717) is 12.0 Å². The molecule has 2 heteroatoms. The second-order valence-electron chi connectivity index (χ2n) is 4.04. The number of benzene rings is 2. The van der Waals surface area contributed by atoms with E-state index in [1.165, 1.54) is 12.1 Å². The van der Waals surface area contributed by atoms with Crippen LogP contribution < -0.4 is 0 Å². The molecule has 0 atom stereocenters. The molecule has 1 nitrogen and oxygen atoms in total. The van der Waals surface area contributed by atoms with Gasteiger partial charge in [-0.2, -0.15) is 0 Å². The zero-order valence-corrected chi connectivity index (χ0v) is 9.61. The summed E-state index contributed by atoms with van der Waals surface area (Å²) in [4.78, 5) is 12.0. The van der Waals surface area contributed by atoms with E-state index in [-0.39, 0.29) is 11.6 Å². The Kier molecular flexibility index (Phi) is 3.33. The highest BCUT2D eigenvalue weighted by Gasteiger charge is 2.08. The third kappa shape index (κ3) is 2.78. The molecule has 2 aromatic carbocycles. The average Bonchev–Trinajstić information content (AvgIpc) is 2.34. The first kappa shape index (κ1) is 11.5. The lowest BCUT2D eigenvalue weighted by Crippen LogP contribution is -2.04. The van der Waals surface area contributed by atoms with Gasteiger partial charge in [0.25, 0.3) is 0 Å². The van der Waals surface area contributed by atoms with Crippen LogP contribution in [0.4, 0.5) is 4.39 Å². The maximum absolute atomic E-state index is 12.9. The van der Waals surface area contributed by atoms with Crippen LogP contribution in [0, 0.1) is 12.7 Å². The fraction of sp³-hybridized carbons (Fsp3) is 0.133. The summed E-state index contributed by atoms with van der Waals surface area (Å²) in [6, 6.07) is 13.7. The Bertz CT molecular complexity index is 532. The molecule has 2 rings (SSSR count). The van der Waals surface area contributed by atoms with Crippen LogP contribution in [-0.2, 0) is 6.42 Å². The molecule has 17 heavy (non-hydrogen) atoms.